The first-order valence-corrected chi connectivity index (χ1v) is 10.3. The van der Waals surface area contributed by atoms with Crippen molar-refractivity contribution >= 4 is 5.91 Å². The van der Waals surface area contributed by atoms with Gasteiger partial charge in [0, 0.05) is 62.2 Å². The molecule has 0 aliphatic carbocycles. The maximum absolute atomic E-state index is 13.1. The van der Waals surface area contributed by atoms with E-state index in [1.54, 1.807) is 25.4 Å². The minimum atomic E-state index is -0.192. The number of hydrogen-bond acceptors (Lipinski definition) is 3. The van der Waals surface area contributed by atoms with Crippen molar-refractivity contribution < 1.29 is 4.79 Å². The van der Waals surface area contributed by atoms with Crippen LogP contribution in [0, 0.1) is 5.92 Å². The van der Waals surface area contributed by atoms with Gasteiger partial charge in [-0.05, 0) is 35.6 Å². The molecule has 6 heteroatoms. The molecule has 1 saturated heterocycles. The number of aryl methyl sites for hydroxylation is 1. The van der Waals surface area contributed by atoms with E-state index >= 15 is 0 Å². The highest BCUT2D eigenvalue weighted by Crippen LogP contribution is 2.37. The largest absolute Gasteiger partial charge is 0.338 e. The Balaban J connectivity index is 1.48. The molecular weight excluding hydrogens is 378 g/mol. The molecule has 1 aromatic carbocycles. The summed E-state index contributed by atoms with van der Waals surface area (Å²) in [6, 6.07) is 16.8. The number of benzene rings is 1. The lowest BCUT2D eigenvalue weighted by molar-refractivity contribution is 0.0594. The predicted octanol–water partition coefficient (Wildman–Crippen LogP) is 2.47. The van der Waals surface area contributed by atoms with Crippen molar-refractivity contribution in [1.82, 2.24) is 14.0 Å². The zero-order valence-corrected chi connectivity index (χ0v) is 16.8. The Labute approximate surface area is 174 Å². The number of amides is 1. The molecule has 2 aromatic heterocycles. The third-order valence-corrected chi connectivity index (χ3v) is 6.30. The van der Waals surface area contributed by atoms with Gasteiger partial charge in [0.15, 0.2) is 0 Å². The van der Waals surface area contributed by atoms with E-state index in [0.717, 1.165) is 23.2 Å². The van der Waals surface area contributed by atoms with Gasteiger partial charge in [-0.1, -0.05) is 30.3 Å². The SMILES string of the molecule is Cn1ccc(C(=O)N2C[C@@H]3C[C@H](C2)c2cc(-c4ccccc4)cc(=O)n2C3)cc1=O. The highest BCUT2D eigenvalue weighted by Gasteiger charge is 2.37. The van der Waals surface area contributed by atoms with E-state index in [1.807, 2.05) is 39.8 Å². The number of pyridine rings is 2. The fraction of sp³-hybridized carbons (Fsp3) is 0.292. The first kappa shape index (κ1) is 18.6. The molecule has 1 amide bonds. The minimum Gasteiger partial charge on any atom is -0.338 e. The number of likely N-dealkylation sites (tertiary alicyclic amines) is 1. The number of carbonyl (C=O) groups excluding carboxylic acids is 1. The molecular formula is C24H23N3O3. The van der Waals surface area contributed by atoms with Crippen molar-refractivity contribution in [3.8, 4) is 11.1 Å². The molecule has 5 rings (SSSR count). The van der Waals surface area contributed by atoms with Crippen LogP contribution in [-0.4, -0.2) is 33.0 Å². The van der Waals surface area contributed by atoms with Crippen LogP contribution in [0.15, 0.2) is 70.4 Å². The maximum Gasteiger partial charge on any atom is 0.254 e. The van der Waals surface area contributed by atoms with Crippen molar-refractivity contribution in [2.75, 3.05) is 13.1 Å². The Hall–Kier alpha value is -3.41. The third-order valence-electron chi connectivity index (χ3n) is 6.30. The van der Waals surface area contributed by atoms with Gasteiger partial charge in [0.1, 0.15) is 0 Å². The van der Waals surface area contributed by atoms with E-state index in [-0.39, 0.29) is 28.9 Å². The maximum atomic E-state index is 13.1. The van der Waals surface area contributed by atoms with E-state index < -0.39 is 0 Å². The van der Waals surface area contributed by atoms with Crippen molar-refractivity contribution in [3.63, 3.8) is 0 Å². The van der Waals surface area contributed by atoms with Gasteiger partial charge in [-0.25, -0.2) is 0 Å². The molecule has 1 fully saturated rings. The molecule has 3 aromatic rings. The van der Waals surface area contributed by atoms with Crippen molar-refractivity contribution in [2.24, 2.45) is 13.0 Å². The topological polar surface area (TPSA) is 64.3 Å². The summed E-state index contributed by atoms with van der Waals surface area (Å²) in [5.41, 5.74) is 3.19. The summed E-state index contributed by atoms with van der Waals surface area (Å²) < 4.78 is 3.33. The molecule has 6 nitrogen and oxygen atoms in total. The Morgan fingerprint density at radius 1 is 0.900 bits per heavy atom. The zero-order chi connectivity index (χ0) is 20.8. The molecule has 2 aliphatic rings. The van der Waals surface area contributed by atoms with E-state index in [2.05, 4.69) is 6.07 Å². The lowest BCUT2D eigenvalue weighted by Gasteiger charge is -2.43. The number of fused-ring (bicyclic) bond motifs is 4. The lowest BCUT2D eigenvalue weighted by Crippen LogP contribution is -2.49. The normalized spacial score (nSPS) is 20.0. The van der Waals surface area contributed by atoms with Gasteiger partial charge in [0.25, 0.3) is 17.0 Å². The lowest BCUT2D eigenvalue weighted by atomic mass is 9.82. The summed E-state index contributed by atoms with van der Waals surface area (Å²) in [5.74, 6) is 0.244. The van der Waals surface area contributed by atoms with Crippen LogP contribution in [0.25, 0.3) is 11.1 Å². The fourth-order valence-electron chi connectivity index (χ4n) is 4.79. The number of rotatable bonds is 2. The first-order chi connectivity index (χ1) is 14.5. The first-order valence-electron chi connectivity index (χ1n) is 10.3. The molecule has 152 valence electrons. The fourth-order valence-corrected chi connectivity index (χ4v) is 4.79. The summed E-state index contributed by atoms with van der Waals surface area (Å²) in [7, 11) is 1.67. The van der Waals surface area contributed by atoms with Crippen molar-refractivity contribution in [2.45, 2.75) is 18.9 Å². The second kappa shape index (κ2) is 7.13. The van der Waals surface area contributed by atoms with Crippen LogP contribution in [0.2, 0.25) is 0 Å². The molecule has 0 spiro atoms. The van der Waals surface area contributed by atoms with Crippen LogP contribution in [0.4, 0.5) is 0 Å². The average Bonchev–Trinajstić information content (AvgIpc) is 2.76. The molecule has 2 aliphatic heterocycles. The van der Waals surface area contributed by atoms with Gasteiger partial charge in [0.05, 0.1) is 0 Å². The van der Waals surface area contributed by atoms with Crippen molar-refractivity contribution in [3.05, 3.63) is 92.8 Å². The van der Waals surface area contributed by atoms with Gasteiger partial charge in [-0.15, -0.1) is 0 Å². The Morgan fingerprint density at radius 3 is 2.47 bits per heavy atom. The number of piperidine rings is 1. The summed E-state index contributed by atoms with van der Waals surface area (Å²) in [5, 5.41) is 0. The van der Waals surface area contributed by atoms with Crippen LogP contribution in [0.1, 0.15) is 28.4 Å². The molecule has 30 heavy (non-hydrogen) atoms. The average molecular weight is 401 g/mol. The van der Waals surface area contributed by atoms with Crippen LogP contribution < -0.4 is 11.1 Å². The van der Waals surface area contributed by atoms with Gasteiger partial charge < -0.3 is 14.0 Å². The molecule has 0 radical (unpaired) electrons. The van der Waals surface area contributed by atoms with E-state index in [9.17, 15) is 14.4 Å². The molecule has 4 heterocycles. The second-order valence-corrected chi connectivity index (χ2v) is 8.36. The molecule has 2 bridgehead atoms. The van der Waals surface area contributed by atoms with Crippen LogP contribution in [0.5, 0.6) is 0 Å². The monoisotopic (exact) mass is 401 g/mol. The molecule has 2 atom stereocenters. The Bertz CT molecular complexity index is 1240. The highest BCUT2D eigenvalue weighted by atomic mass is 16.2. The number of hydrogen-bond donors (Lipinski definition) is 0. The van der Waals surface area contributed by atoms with Crippen LogP contribution in [-0.2, 0) is 13.6 Å². The highest BCUT2D eigenvalue weighted by molar-refractivity contribution is 5.94. The van der Waals surface area contributed by atoms with Crippen LogP contribution >= 0.6 is 0 Å². The summed E-state index contributed by atoms with van der Waals surface area (Å²) >= 11 is 0. The summed E-state index contributed by atoms with van der Waals surface area (Å²) in [6.07, 6.45) is 2.60. The van der Waals surface area contributed by atoms with E-state index in [0.29, 0.717) is 25.2 Å². The third kappa shape index (κ3) is 3.18. The number of aromatic nitrogens is 2. The van der Waals surface area contributed by atoms with E-state index in [4.69, 9.17) is 0 Å². The Kier molecular flexibility index (Phi) is 4.42. The number of nitrogens with zero attached hydrogens (tertiary/aromatic N) is 3. The van der Waals surface area contributed by atoms with Gasteiger partial charge in [-0.2, -0.15) is 0 Å². The van der Waals surface area contributed by atoms with Crippen molar-refractivity contribution in [1.29, 1.82) is 0 Å². The molecule has 0 unspecified atom stereocenters. The quantitative estimate of drug-likeness (QED) is 0.663. The van der Waals surface area contributed by atoms with Crippen LogP contribution in [0.3, 0.4) is 0 Å². The smallest absolute Gasteiger partial charge is 0.254 e. The molecule has 0 N–H and O–H groups in total. The number of carbonyl (C=O) groups is 1. The zero-order valence-electron chi connectivity index (χ0n) is 16.8. The standard InChI is InChI=1S/C24H23N3O3/c1-25-8-7-18(11-22(25)28)24(30)26-13-16-9-20(15-26)21-10-19(12-23(29)27(21)14-16)17-5-3-2-4-6-17/h2-8,10-12,16,20H,9,13-15H2,1H3/t16-,20+/m0/s1. The Morgan fingerprint density at radius 2 is 1.70 bits per heavy atom. The second-order valence-electron chi connectivity index (χ2n) is 8.36. The van der Waals surface area contributed by atoms with Gasteiger partial charge in [0.2, 0.25) is 0 Å². The predicted molar refractivity (Wildman–Crippen MR) is 115 cm³/mol. The van der Waals surface area contributed by atoms with Gasteiger partial charge >= 0.3 is 0 Å². The molecule has 0 saturated carbocycles. The summed E-state index contributed by atoms with van der Waals surface area (Å²) in [6.45, 7) is 1.79. The minimum absolute atomic E-state index is 0.0207. The van der Waals surface area contributed by atoms with Gasteiger partial charge in [-0.3, -0.25) is 14.4 Å². The van der Waals surface area contributed by atoms with E-state index in [1.165, 1.54) is 10.6 Å². The summed E-state index contributed by atoms with van der Waals surface area (Å²) in [4.78, 5) is 39.7.